The molecule has 0 saturated carbocycles. The Hall–Kier alpha value is -1.62. The Kier molecular flexibility index (Phi) is 3.49. The van der Waals surface area contributed by atoms with E-state index in [0.29, 0.717) is 6.54 Å². The summed E-state index contributed by atoms with van der Waals surface area (Å²) in [4.78, 5) is 17.6. The molecule has 2 rings (SSSR count). The number of pyridine rings is 1. The molecule has 1 fully saturated rings. The van der Waals surface area contributed by atoms with Gasteiger partial charge in [-0.2, -0.15) is 0 Å². The van der Waals surface area contributed by atoms with E-state index in [9.17, 15) is 4.79 Å². The SMILES string of the molecule is CC(C)(C)OC(=O)N1COC(C)(c2cccnc2)C1. The zero-order valence-corrected chi connectivity index (χ0v) is 11.8. The van der Waals surface area contributed by atoms with Crippen LogP contribution in [0.25, 0.3) is 0 Å². The molecule has 1 aromatic rings. The molecule has 5 nitrogen and oxygen atoms in total. The Morgan fingerprint density at radius 1 is 1.53 bits per heavy atom. The average Bonchev–Trinajstić information content (AvgIpc) is 2.73. The zero-order chi connectivity index (χ0) is 14.1. The van der Waals surface area contributed by atoms with Crippen LogP contribution in [0, 0.1) is 0 Å². The van der Waals surface area contributed by atoms with Crippen LogP contribution in [-0.4, -0.2) is 34.9 Å². The van der Waals surface area contributed by atoms with Crippen LogP contribution < -0.4 is 0 Å². The summed E-state index contributed by atoms with van der Waals surface area (Å²) in [5.74, 6) is 0. The largest absolute Gasteiger partial charge is 0.444 e. The van der Waals surface area contributed by atoms with E-state index in [1.165, 1.54) is 0 Å². The van der Waals surface area contributed by atoms with E-state index in [0.717, 1.165) is 5.56 Å². The lowest BCUT2D eigenvalue weighted by molar-refractivity contribution is 0.00330. The first kappa shape index (κ1) is 13.8. The minimum atomic E-state index is -0.523. The van der Waals surface area contributed by atoms with Crippen molar-refractivity contribution >= 4 is 6.09 Å². The van der Waals surface area contributed by atoms with Gasteiger partial charge in [-0.25, -0.2) is 4.79 Å². The van der Waals surface area contributed by atoms with Gasteiger partial charge in [-0.05, 0) is 33.8 Å². The van der Waals surface area contributed by atoms with Crippen LogP contribution in [0.4, 0.5) is 4.79 Å². The number of carbonyl (C=O) groups is 1. The number of ether oxygens (including phenoxy) is 2. The van der Waals surface area contributed by atoms with Crippen molar-refractivity contribution in [1.82, 2.24) is 9.88 Å². The minimum absolute atomic E-state index is 0.236. The first-order chi connectivity index (χ1) is 8.80. The van der Waals surface area contributed by atoms with Crippen molar-refractivity contribution in [2.45, 2.75) is 38.9 Å². The van der Waals surface area contributed by atoms with Gasteiger partial charge in [0.2, 0.25) is 0 Å². The fraction of sp³-hybridized carbons (Fsp3) is 0.571. The van der Waals surface area contributed by atoms with Gasteiger partial charge in [-0.3, -0.25) is 9.88 Å². The van der Waals surface area contributed by atoms with Crippen molar-refractivity contribution in [3.63, 3.8) is 0 Å². The topological polar surface area (TPSA) is 51.7 Å². The van der Waals surface area contributed by atoms with E-state index in [2.05, 4.69) is 4.98 Å². The summed E-state index contributed by atoms with van der Waals surface area (Å²) < 4.78 is 11.1. The second-order valence-electron chi connectivity index (χ2n) is 5.92. The highest BCUT2D eigenvalue weighted by Gasteiger charge is 2.40. The Balaban J connectivity index is 2.06. The lowest BCUT2D eigenvalue weighted by atomic mass is 9.98. The van der Waals surface area contributed by atoms with Crippen molar-refractivity contribution in [2.24, 2.45) is 0 Å². The van der Waals surface area contributed by atoms with E-state index in [1.54, 1.807) is 17.3 Å². The van der Waals surface area contributed by atoms with Crippen LogP contribution in [-0.2, 0) is 15.1 Å². The molecular formula is C14H20N2O3. The minimum Gasteiger partial charge on any atom is -0.444 e. The molecule has 1 saturated heterocycles. The van der Waals surface area contributed by atoms with Gasteiger partial charge in [-0.1, -0.05) is 6.07 Å². The maximum Gasteiger partial charge on any atom is 0.412 e. The molecule has 0 radical (unpaired) electrons. The van der Waals surface area contributed by atoms with Crippen LogP contribution in [0.1, 0.15) is 33.3 Å². The molecule has 1 unspecified atom stereocenters. The van der Waals surface area contributed by atoms with E-state index in [4.69, 9.17) is 9.47 Å². The Morgan fingerprint density at radius 3 is 2.84 bits per heavy atom. The summed E-state index contributed by atoms with van der Waals surface area (Å²) in [5.41, 5.74) is -0.0590. The Labute approximate surface area is 113 Å². The second-order valence-corrected chi connectivity index (χ2v) is 5.92. The number of hydrogen-bond donors (Lipinski definition) is 0. The standard InChI is InChI=1S/C14H20N2O3/c1-13(2,3)19-12(17)16-9-14(4,18-10-16)11-6-5-7-15-8-11/h5-8H,9-10H2,1-4H3. The lowest BCUT2D eigenvalue weighted by Crippen LogP contribution is -2.37. The number of aromatic nitrogens is 1. The summed E-state index contributed by atoms with van der Waals surface area (Å²) >= 11 is 0. The zero-order valence-electron chi connectivity index (χ0n) is 11.8. The highest BCUT2D eigenvalue weighted by Crippen LogP contribution is 2.31. The molecule has 1 aliphatic rings. The van der Waals surface area contributed by atoms with Gasteiger partial charge in [0, 0.05) is 18.0 Å². The molecular weight excluding hydrogens is 244 g/mol. The van der Waals surface area contributed by atoms with Gasteiger partial charge < -0.3 is 9.47 Å². The fourth-order valence-electron chi connectivity index (χ4n) is 1.97. The van der Waals surface area contributed by atoms with Crippen molar-refractivity contribution < 1.29 is 14.3 Å². The first-order valence-corrected chi connectivity index (χ1v) is 6.33. The molecule has 1 atom stereocenters. The average molecular weight is 264 g/mol. The van der Waals surface area contributed by atoms with E-state index < -0.39 is 11.2 Å². The molecule has 0 bridgehead atoms. The highest BCUT2D eigenvalue weighted by atomic mass is 16.6. The molecule has 0 aromatic carbocycles. The molecule has 5 heteroatoms. The summed E-state index contributed by atoms with van der Waals surface area (Å²) in [5, 5.41) is 0. The van der Waals surface area contributed by atoms with Crippen LogP contribution in [0.15, 0.2) is 24.5 Å². The molecule has 1 amide bonds. The predicted molar refractivity (Wildman–Crippen MR) is 70.5 cm³/mol. The van der Waals surface area contributed by atoms with Crippen molar-refractivity contribution in [3.05, 3.63) is 30.1 Å². The Bertz CT molecular complexity index is 456. The molecule has 0 aliphatic carbocycles. The fourth-order valence-corrected chi connectivity index (χ4v) is 1.97. The van der Waals surface area contributed by atoms with Crippen molar-refractivity contribution in [2.75, 3.05) is 13.3 Å². The Morgan fingerprint density at radius 2 is 2.26 bits per heavy atom. The molecule has 2 heterocycles. The maximum absolute atomic E-state index is 12.0. The van der Waals surface area contributed by atoms with Gasteiger partial charge in [0.25, 0.3) is 0 Å². The third kappa shape index (κ3) is 3.23. The monoisotopic (exact) mass is 264 g/mol. The summed E-state index contributed by atoms with van der Waals surface area (Å²) in [6, 6.07) is 3.81. The van der Waals surface area contributed by atoms with Crippen LogP contribution in [0.2, 0.25) is 0 Å². The molecule has 0 N–H and O–H groups in total. The van der Waals surface area contributed by atoms with Gasteiger partial charge >= 0.3 is 6.09 Å². The molecule has 1 aliphatic heterocycles. The molecule has 19 heavy (non-hydrogen) atoms. The van der Waals surface area contributed by atoms with Gasteiger partial charge in [0.1, 0.15) is 17.9 Å². The van der Waals surface area contributed by atoms with Crippen LogP contribution in [0.5, 0.6) is 0 Å². The molecule has 0 spiro atoms. The summed E-state index contributed by atoms with van der Waals surface area (Å²) in [6.45, 7) is 8.20. The van der Waals surface area contributed by atoms with E-state index >= 15 is 0 Å². The number of carbonyl (C=O) groups excluding carboxylic acids is 1. The van der Waals surface area contributed by atoms with Gasteiger partial charge in [0.15, 0.2) is 0 Å². The van der Waals surface area contributed by atoms with Gasteiger partial charge in [0.05, 0.1) is 6.54 Å². The van der Waals surface area contributed by atoms with Crippen molar-refractivity contribution in [1.29, 1.82) is 0 Å². The lowest BCUT2D eigenvalue weighted by Gasteiger charge is -2.25. The predicted octanol–water partition coefficient (Wildman–Crippen LogP) is 2.52. The number of nitrogens with zero attached hydrogens (tertiary/aromatic N) is 2. The highest BCUT2D eigenvalue weighted by molar-refractivity contribution is 5.68. The van der Waals surface area contributed by atoms with Crippen LogP contribution >= 0.6 is 0 Å². The number of amides is 1. The third-order valence-electron chi connectivity index (χ3n) is 2.96. The normalized spacial score (nSPS) is 23.5. The quantitative estimate of drug-likeness (QED) is 0.782. The van der Waals surface area contributed by atoms with E-state index in [-0.39, 0.29) is 12.8 Å². The molecule has 1 aromatic heterocycles. The summed E-state index contributed by atoms with van der Waals surface area (Å²) in [7, 11) is 0. The summed E-state index contributed by atoms with van der Waals surface area (Å²) in [6.07, 6.45) is 3.13. The van der Waals surface area contributed by atoms with Gasteiger partial charge in [-0.15, -0.1) is 0 Å². The maximum atomic E-state index is 12.0. The second kappa shape index (κ2) is 4.81. The van der Waals surface area contributed by atoms with Crippen molar-refractivity contribution in [3.8, 4) is 0 Å². The smallest absolute Gasteiger partial charge is 0.412 e. The number of rotatable bonds is 1. The van der Waals surface area contributed by atoms with E-state index in [1.807, 2.05) is 39.8 Å². The van der Waals surface area contributed by atoms with Crippen LogP contribution in [0.3, 0.4) is 0 Å². The first-order valence-electron chi connectivity index (χ1n) is 6.33. The molecule has 104 valence electrons. The number of hydrogen-bond acceptors (Lipinski definition) is 4. The third-order valence-corrected chi connectivity index (χ3v) is 2.96.